The van der Waals surface area contributed by atoms with Gasteiger partial charge in [0.2, 0.25) is 5.96 Å². The van der Waals surface area contributed by atoms with E-state index in [-0.39, 0.29) is 18.2 Å². The number of amides is 1. The van der Waals surface area contributed by atoms with Crippen molar-refractivity contribution in [2.45, 2.75) is 20.4 Å². The van der Waals surface area contributed by atoms with Crippen molar-refractivity contribution in [1.82, 2.24) is 10.3 Å². The zero-order chi connectivity index (χ0) is 20.8. The number of anilines is 1. The summed E-state index contributed by atoms with van der Waals surface area (Å²) in [6.07, 6.45) is 1.63. The predicted molar refractivity (Wildman–Crippen MR) is 109 cm³/mol. The summed E-state index contributed by atoms with van der Waals surface area (Å²) in [4.78, 5) is 21.2. The van der Waals surface area contributed by atoms with Crippen LogP contribution in [0.25, 0.3) is 0 Å². The molecule has 29 heavy (non-hydrogen) atoms. The Morgan fingerprint density at radius 1 is 1.00 bits per heavy atom. The van der Waals surface area contributed by atoms with Crippen LogP contribution in [-0.4, -0.2) is 16.9 Å². The molecule has 3 rings (SSSR count). The molecule has 2 aromatic carbocycles. The predicted octanol–water partition coefficient (Wildman–Crippen LogP) is 4.37. The molecular weight excluding hydrogens is 374 g/mol. The number of hydrogen-bond acceptors (Lipinski definition) is 3. The Labute approximate surface area is 167 Å². The highest BCUT2D eigenvalue weighted by Gasteiger charge is 2.11. The second-order valence-electron chi connectivity index (χ2n) is 6.52. The van der Waals surface area contributed by atoms with Gasteiger partial charge in [0.1, 0.15) is 11.6 Å². The van der Waals surface area contributed by atoms with Crippen molar-refractivity contribution in [2.75, 3.05) is 5.32 Å². The van der Waals surface area contributed by atoms with Crippen LogP contribution < -0.4 is 10.6 Å². The molecule has 0 fully saturated rings. The molecule has 0 saturated heterocycles. The Bertz CT molecular complexity index is 1030. The van der Waals surface area contributed by atoms with Crippen molar-refractivity contribution in [2.24, 2.45) is 4.99 Å². The van der Waals surface area contributed by atoms with Gasteiger partial charge < -0.3 is 5.32 Å². The molecule has 5 nitrogen and oxygen atoms in total. The van der Waals surface area contributed by atoms with Gasteiger partial charge in [-0.3, -0.25) is 15.1 Å². The summed E-state index contributed by atoms with van der Waals surface area (Å²) in [5.41, 5.74) is 3.30. The monoisotopic (exact) mass is 394 g/mol. The number of carbonyl (C=O) groups is 1. The number of nitrogens with one attached hydrogen (secondary N) is 2. The first-order valence-corrected chi connectivity index (χ1v) is 8.97. The number of aromatic nitrogens is 1. The smallest absolute Gasteiger partial charge is 0.257 e. The molecule has 0 aliphatic rings. The van der Waals surface area contributed by atoms with Crippen molar-refractivity contribution in [3.8, 4) is 0 Å². The molecule has 1 amide bonds. The van der Waals surface area contributed by atoms with Crippen LogP contribution in [0, 0.1) is 25.5 Å². The summed E-state index contributed by atoms with van der Waals surface area (Å²) in [6, 6.07) is 13.7. The molecule has 3 aromatic rings. The molecule has 0 spiro atoms. The minimum Gasteiger partial charge on any atom is -0.326 e. The quantitative estimate of drug-likeness (QED) is 0.510. The fourth-order valence-electron chi connectivity index (χ4n) is 2.59. The van der Waals surface area contributed by atoms with Crippen LogP contribution in [0.1, 0.15) is 27.2 Å². The summed E-state index contributed by atoms with van der Waals surface area (Å²) in [5, 5.41) is 5.43. The first kappa shape index (κ1) is 20.1. The first-order chi connectivity index (χ1) is 13.9. The summed E-state index contributed by atoms with van der Waals surface area (Å²) in [5.74, 6) is -1.81. The van der Waals surface area contributed by atoms with Crippen LogP contribution in [0.3, 0.4) is 0 Å². The summed E-state index contributed by atoms with van der Waals surface area (Å²) >= 11 is 0. The van der Waals surface area contributed by atoms with E-state index >= 15 is 0 Å². The molecule has 2 N–H and O–H groups in total. The lowest BCUT2D eigenvalue weighted by molar-refractivity contribution is 0.0977. The molecule has 0 radical (unpaired) electrons. The summed E-state index contributed by atoms with van der Waals surface area (Å²) < 4.78 is 27.0. The molecule has 7 heteroatoms. The Morgan fingerprint density at radius 3 is 2.41 bits per heavy atom. The number of aliphatic imine (C=N–C) groups is 1. The number of benzene rings is 2. The maximum absolute atomic E-state index is 13.5. The highest BCUT2D eigenvalue weighted by molar-refractivity contribution is 6.10. The lowest BCUT2D eigenvalue weighted by atomic mass is 10.1. The number of guanidine groups is 1. The number of aryl methyl sites for hydroxylation is 2. The van der Waals surface area contributed by atoms with Gasteiger partial charge in [0.05, 0.1) is 12.2 Å². The highest BCUT2D eigenvalue weighted by atomic mass is 19.1. The Hall–Kier alpha value is -3.61. The van der Waals surface area contributed by atoms with Crippen LogP contribution in [0.2, 0.25) is 0 Å². The highest BCUT2D eigenvalue weighted by Crippen LogP contribution is 2.14. The van der Waals surface area contributed by atoms with Gasteiger partial charge in [-0.2, -0.15) is 0 Å². The van der Waals surface area contributed by atoms with Crippen molar-refractivity contribution in [3.63, 3.8) is 0 Å². The number of carbonyl (C=O) groups excluding carboxylic acids is 1. The van der Waals surface area contributed by atoms with Crippen molar-refractivity contribution in [3.05, 3.63) is 94.8 Å². The SMILES string of the molecule is Cc1ccc(C(=O)NC(=NCc2ccccn2)Nc2cc(F)cc(F)c2)cc1C. The van der Waals surface area contributed by atoms with Gasteiger partial charge in [-0.25, -0.2) is 13.8 Å². The first-order valence-electron chi connectivity index (χ1n) is 8.97. The van der Waals surface area contributed by atoms with E-state index in [0.29, 0.717) is 11.3 Å². The lowest BCUT2D eigenvalue weighted by Crippen LogP contribution is -2.36. The van der Waals surface area contributed by atoms with Crippen LogP contribution >= 0.6 is 0 Å². The Kier molecular flexibility index (Phi) is 6.29. The number of pyridine rings is 1. The second kappa shape index (κ2) is 9.05. The number of halogens is 2. The van der Waals surface area contributed by atoms with Crippen LogP contribution in [-0.2, 0) is 6.54 Å². The Morgan fingerprint density at radius 2 is 1.76 bits per heavy atom. The minimum atomic E-state index is -0.739. The van der Waals surface area contributed by atoms with Gasteiger partial charge in [-0.1, -0.05) is 12.1 Å². The zero-order valence-corrected chi connectivity index (χ0v) is 16.0. The van der Waals surface area contributed by atoms with E-state index in [4.69, 9.17) is 0 Å². The zero-order valence-electron chi connectivity index (χ0n) is 16.0. The van der Waals surface area contributed by atoms with E-state index in [2.05, 4.69) is 20.6 Å². The standard InChI is InChI=1S/C22H20F2N4O/c1-14-6-7-16(9-15(14)2)21(29)28-22(26-13-19-5-3-4-8-25-19)27-20-11-17(23)10-18(24)12-20/h3-12H,13H2,1-2H3,(H2,26,27,28,29). The number of nitrogens with zero attached hydrogens (tertiary/aromatic N) is 2. The fraction of sp³-hybridized carbons (Fsp3) is 0.136. The lowest BCUT2D eigenvalue weighted by Gasteiger charge is -2.13. The summed E-state index contributed by atoms with van der Waals surface area (Å²) in [6.45, 7) is 4.04. The number of rotatable bonds is 4. The third kappa shape index (κ3) is 5.68. The van der Waals surface area contributed by atoms with E-state index in [0.717, 1.165) is 29.3 Å². The number of hydrogen-bond donors (Lipinski definition) is 2. The average molecular weight is 394 g/mol. The van der Waals surface area contributed by atoms with E-state index in [1.807, 2.05) is 26.0 Å². The van der Waals surface area contributed by atoms with E-state index < -0.39 is 17.5 Å². The van der Waals surface area contributed by atoms with Crippen molar-refractivity contribution >= 4 is 17.6 Å². The molecule has 148 valence electrons. The molecular formula is C22H20F2N4O. The van der Waals surface area contributed by atoms with Gasteiger partial charge in [-0.15, -0.1) is 0 Å². The largest absolute Gasteiger partial charge is 0.326 e. The normalized spacial score (nSPS) is 11.2. The van der Waals surface area contributed by atoms with E-state index in [9.17, 15) is 13.6 Å². The van der Waals surface area contributed by atoms with Crippen molar-refractivity contribution in [1.29, 1.82) is 0 Å². The third-order valence-corrected chi connectivity index (χ3v) is 4.25. The molecule has 1 heterocycles. The average Bonchev–Trinajstić information content (AvgIpc) is 2.68. The van der Waals surface area contributed by atoms with Gasteiger partial charge in [0.15, 0.2) is 0 Å². The molecule has 0 aliphatic heterocycles. The topological polar surface area (TPSA) is 66.4 Å². The minimum absolute atomic E-state index is 0.0591. The second-order valence-corrected chi connectivity index (χ2v) is 6.52. The molecule has 1 aromatic heterocycles. The van der Waals surface area contributed by atoms with E-state index in [1.165, 1.54) is 0 Å². The maximum atomic E-state index is 13.5. The molecule has 0 saturated carbocycles. The molecule has 0 aliphatic carbocycles. The third-order valence-electron chi connectivity index (χ3n) is 4.25. The fourth-order valence-corrected chi connectivity index (χ4v) is 2.59. The van der Waals surface area contributed by atoms with Crippen LogP contribution in [0.4, 0.5) is 14.5 Å². The van der Waals surface area contributed by atoms with Gasteiger partial charge in [0, 0.05) is 23.5 Å². The van der Waals surface area contributed by atoms with Crippen molar-refractivity contribution < 1.29 is 13.6 Å². The maximum Gasteiger partial charge on any atom is 0.257 e. The summed E-state index contributed by atoms with van der Waals surface area (Å²) in [7, 11) is 0. The van der Waals surface area contributed by atoms with Gasteiger partial charge in [0.25, 0.3) is 5.91 Å². The van der Waals surface area contributed by atoms with Crippen LogP contribution in [0.5, 0.6) is 0 Å². The van der Waals surface area contributed by atoms with E-state index in [1.54, 1.807) is 30.5 Å². The Balaban J connectivity index is 1.84. The van der Waals surface area contributed by atoms with Crippen LogP contribution in [0.15, 0.2) is 65.8 Å². The van der Waals surface area contributed by atoms with Gasteiger partial charge >= 0.3 is 0 Å². The molecule has 0 bridgehead atoms. The molecule has 0 atom stereocenters. The molecule has 0 unspecified atom stereocenters. The van der Waals surface area contributed by atoms with Gasteiger partial charge in [-0.05, 0) is 61.4 Å².